The molecule has 2 amide bonds. The first-order valence-electron chi connectivity index (χ1n) is 11.5. The van der Waals surface area contributed by atoms with Crippen LogP contribution in [0.25, 0.3) is 16.6 Å². The number of halogens is 2. The molecule has 188 valence electrons. The monoisotopic (exact) mass is 588 g/mol. The zero-order valence-electron chi connectivity index (χ0n) is 19.4. The van der Waals surface area contributed by atoms with Gasteiger partial charge in [0, 0.05) is 22.7 Å². The van der Waals surface area contributed by atoms with Crippen LogP contribution in [0, 0.1) is 0 Å². The summed E-state index contributed by atoms with van der Waals surface area (Å²) in [5, 5.41) is 24.8. The van der Waals surface area contributed by atoms with Gasteiger partial charge in [0.05, 0.1) is 26.3 Å². The summed E-state index contributed by atoms with van der Waals surface area (Å²) in [5.41, 5.74) is 2.75. The molecule has 5 aromatic rings. The van der Waals surface area contributed by atoms with Crippen LogP contribution in [-0.2, 0) is 4.79 Å². The second kappa shape index (κ2) is 9.47. The predicted molar refractivity (Wildman–Crippen MR) is 148 cm³/mol. The van der Waals surface area contributed by atoms with Crippen molar-refractivity contribution in [1.29, 1.82) is 0 Å². The van der Waals surface area contributed by atoms with E-state index in [9.17, 15) is 14.7 Å². The lowest BCUT2D eigenvalue weighted by Gasteiger charge is -2.13. The van der Waals surface area contributed by atoms with Gasteiger partial charge in [0.1, 0.15) is 5.69 Å². The molecule has 0 saturated heterocycles. The minimum atomic E-state index is -1.22. The Morgan fingerprint density at radius 1 is 1.05 bits per heavy atom. The second-order valence-corrected chi connectivity index (χ2v) is 9.72. The number of nitrogens with one attached hydrogen (secondary N) is 3. The number of hydrogen-bond acceptors (Lipinski definition) is 5. The van der Waals surface area contributed by atoms with Crippen LogP contribution in [0.1, 0.15) is 21.6 Å². The summed E-state index contributed by atoms with van der Waals surface area (Å²) in [5.74, 6) is -0.988. The minimum Gasteiger partial charge on any atom is -0.494 e. The molecule has 3 aromatic carbocycles. The number of aliphatic imine (C=N–C) groups is 1. The van der Waals surface area contributed by atoms with Crippen molar-refractivity contribution in [1.82, 2.24) is 20.1 Å². The fraction of sp³-hybridized carbons (Fsp3) is 0.0370. The molecule has 6 rings (SSSR count). The van der Waals surface area contributed by atoms with Gasteiger partial charge in [-0.15, -0.1) is 0 Å². The molecule has 1 aliphatic heterocycles. The van der Waals surface area contributed by atoms with E-state index in [2.05, 4.69) is 41.8 Å². The number of aromatic amines is 1. The van der Waals surface area contributed by atoms with Gasteiger partial charge >= 0.3 is 0 Å². The Labute approximate surface area is 229 Å². The molecule has 0 bridgehead atoms. The van der Waals surface area contributed by atoms with Crippen LogP contribution in [-0.4, -0.2) is 43.6 Å². The average Bonchev–Trinajstić information content (AvgIpc) is 3.42. The zero-order chi connectivity index (χ0) is 26.4. The number of carbonyl (C=O) groups is 2. The average molecular weight is 590 g/mol. The van der Waals surface area contributed by atoms with E-state index in [-0.39, 0.29) is 21.9 Å². The molecule has 0 spiro atoms. The van der Waals surface area contributed by atoms with Gasteiger partial charge in [-0.2, -0.15) is 5.10 Å². The van der Waals surface area contributed by atoms with Gasteiger partial charge in [0.25, 0.3) is 11.8 Å². The lowest BCUT2D eigenvalue weighted by Crippen LogP contribution is -2.42. The molecule has 38 heavy (non-hydrogen) atoms. The molecule has 0 aliphatic carbocycles. The normalized spacial score (nSPS) is 14.9. The van der Waals surface area contributed by atoms with Crippen molar-refractivity contribution in [2.75, 3.05) is 5.32 Å². The van der Waals surface area contributed by atoms with E-state index in [0.29, 0.717) is 27.2 Å². The number of H-pyrrole nitrogens is 1. The van der Waals surface area contributed by atoms with Crippen molar-refractivity contribution < 1.29 is 14.7 Å². The fourth-order valence-corrected chi connectivity index (χ4v) is 5.19. The number of benzodiazepines with no additional fused rings is 1. The number of anilines is 1. The van der Waals surface area contributed by atoms with Gasteiger partial charge in [0.15, 0.2) is 5.82 Å². The summed E-state index contributed by atoms with van der Waals surface area (Å²) in [6.45, 7) is 0. The van der Waals surface area contributed by atoms with E-state index >= 15 is 0 Å². The number of nitrogens with zero attached hydrogens (tertiary/aromatic N) is 3. The van der Waals surface area contributed by atoms with Gasteiger partial charge in [0.2, 0.25) is 12.0 Å². The van der Waals surface area contributed by atoms with Crippen LogP contribution in [0.15, 0.2) is 88.5 Å². The van der Waals surface area contributed by atoms with Crippen LogP contribution >= 0.6 is 27.5 Å². The molecule has 0 fully saturated rings. The summed E-state index contributed by atoms with van der Waals surface area (Å²) in [6.07, 6.45) is 0.441. The summed E-state index contributed by atoms with van der Waals surface area (Å²) in [6, 6.07) is 22.0. The SMILES string of the molecule is O=C(NC1N=C(c2ccccc2)c2ccccc2NC1=O)c1[nH]nc(-n2cc3cccc(Cl)c3c2O)c1Br. The molecule has 1 unspecified atom stereocenters. The number of carbonyl (C=O) groups excluding carboxylic acids is 2. The van der Waals surface area contributed by atoms with Crippen molar-refractivity contribution in [3.05, 3.63) is 105 Å². The highest BCUT2D eigenvalue weighted by Crippen LogP contribution is 2.37. The maximum Gasteiger partial charge on any atom is 0.272 e. The first-order valence-corrected chi connectivity index (χ1v) is 12.7. The first-order chi connectivity index (χ1) is 18.4. The van der Waals surface area contributed by atoms with E-state index in [1.54, 1.807) is 30.5 Å². The second-order valence-electron chi connectivity index (χ2n) is 8.52. The molecule has 3 heterocycles. The molecule has 0 radical (unpaired) electrons. The van der Waals surface area contributed by atoms with Crippen molar-refractivity contribution in [2.45, 2.75) is 6.17 Å². The standard InChI is InChI=1S/C27H18BrClN6O3/c28-20-22(33-34-24(20)35-13-15-9-6-11-17(29)19(15)27(35)38)25(36)32-23-26(37)30-18-12-5-4-10-16(18)21(31-23)14-7-2-1-3-8-14/h1-13,23,38H,(H,30,37)(H,32,36)(H,33,34). The van der Waals surface area contributed by atoms with Crippen LogP contribution in [0.3, 0.4) is 0 Å². The molecule has 9 nitrogen and oxygen atoms in total. The molecule has 0 saturated carbocycles. The third-order valence-electron chi connectivity index (χ3n) is 6.17. The number of amides is 2. The Balaban J connectivity index is 1.35. The van der Waals surface area contributed by atoms with Crippen molar-refractivity contribution >= 4 is 61.5 Å². The van der Waals surface area contributed by atoms with Crippen LogP contribution in [0.5, 0.6) is 5.88 Å². The molecular weight excluding hydrogens is 572 g/mol. The van der Waals surface area contributed by atoms with Gasteiger partial charge in [-0.1, -0.05) is 72.3 Å². The van der Waals surface area contributed by atoms with E-state index in [4.69, 9.17) is 11.6 Å². The lowest BCUT2D eigenvalue weighted by molar-refractivity contribution is -0.117. The summed E-state index contributed by atoms with van der Waals surface area (Å²) >= 11 is 9.67. The number of benzene rings is 3. The molecule has 1 atom stereocenters. The maximum atomic E-state index is 13.3. The molecule has 4 N–H and O–H groups in total. The van der Waals surface area contributed by atoms with Crippen molar-refractivity contribution in [2.24, 2.45) is 4.99 Å². The largest absolute Gasteiger partial charge is 0.494 e. The smallest absolute Gasteiger partial charge is 0.272 e. The number of fused-ring (bicyclic) bond motifs is 2. The highest BCUT2D eigenvalue weighted by atomic mass is 79.9. The number of aromatic hydroxyl groups is 1. The zero-order valence-corrected chi connectivity index (χ0v) is 21.8. The number of hydrogen-bond donors (Lipinski definition) is 4. The van der Waals surface area contributed by atoms with E-state index in [0.717, 1.165) is 11.1 Å². The Morgan fingerprint density at radius 2 is 1.82 bits per heavy atom. The topological polar surface area (TPSA) is 124 Å². The highest BCUT2D eigenvalue weighted by molar-refractivity contribution is 9.10. The van der Waals surface area contributed by atoms with Gasteiger partial charge in [-0.25, -0.2) is 4.99 Å². The summed E-state index contributed by atoms with van der Waals surface area (Å²) in [4.78, 5) is 31.0. The van der Waals surface area contributed by atoms with E-state index in [1.807, 2.05) is 48.5 Å². The summed E-state index contributed by atoms with van der Waals surface area (Å²) < 4.78 is 1.69. The van der Waals surface area contributed by atoms with Crippen LogP contribution in [0.4, 0.5) is 5.69 Å². The van der Waals surface area contributed by atoms with Crippen molar-refractivity contribution in [3.63, 3.8) is 0 Å². The Morgan fingerprint density at radius 3 is 2.61 bits per heavy atom. The Kier molecular flexibility index (Phi) is 5.97. The molecule has 1 aliphatic rings. The highest BCUT2D eigenvalue weighted by Gasteiger charge is 2.29. The predicted octanol–water partition coefficient (Wildman–Crippen LogP) is 5.02. The summed E-state index contributed by atoms with van der Waals surface area (Å²) in [7, 11) is 0. The first kappa shape index (κ1) is 24.0. The number of aromatic nitrogens is 3. The molecule has 2 aromatic heterocycles. The lowest BCUT2D eigenvalue weighted by atomic mass is 10.0. The molecular formula is C27H18BrClN6O3. The van der Waals surface area contributed by atoms with Crippen LogP contribution < -0.4 is 10.6 Å². The van der Waals surface area contributed by atoms with E-state index in [1.165, 1.54) is 4.57 Å². The Bertz CT molecular complexity index is 1760. The number of rotatable bonds is 4. The van der Waals surface area contributed by atoms with Crippen molar-refractivity contribution in [3.8, 4) is 11.7 Å². The van der Waals surface area contributed by atoms with Gasteiger partial charge < -0.3 is 15.7 Å². The van der Waals surface area contributed by atoms with E-state index < -0.39 is 18.0 Å². The minimum absolute atomic E-state index is 0.0503. The third kappa shape index (κ3) is 4.04. The molecule has 11 heteroatoms. The van der Waals surface area contributed by atoms with Gasteiger partial charge in [-0.05, 0) is 28.1 Å². The van der Waals surface area contributed by atoms with Gasteiger partial charge in [-0.3, -0.25) is 19.3 Å². The third-order valence-corrected chi connectivity index (χ3v) is 7.24. The van der Waals surface area contributed by atoms with Crippen LogP contribution in [0.2, 0.25) is 5.02 Å². The maximum absolute atomic E-state index is 13.3. The number of para-hydroxylation sites is 1. The quantitative estimate of drug-likeness (QED) is 0.235. The fourth-order valence-electron chi connectivity index (χ4n) is 4.37. The Hall–Kier alpha value is -4.41.